The molecule has 96 valence electrons. The Kier molecular flexibility index (Phi) is 4.09. The number of hydrogen-bond acceptors (Lipinski definition) is 5. The van der Waals surface area contributed by atoms with Gasteiger partial charge in [0.05, 0.1) is 11.1 Å². The number of rotatable bonds is 2. The van der Waals surface area contributed by atoms with Crippen molar-refractivity contribution in [3.8, 4) is 0 Å². The minimum Gasteiger partial charge on any atom is -0.386 e. The lowest BCUT2D eigenvalue weighted by Crippen LogP contribution is -2.14. The number of nitrogens with zero attached hydrogens (tertiary/aromatic N) is 2. The quantitative estimate of drug-likeness (QED) is 0.484. The maximum atomic E-state index is 11.7. The Morgan fingerprint density at radius 1 is 0.895 bits per heavy atom. The number of ether oxygens (including phenoxy) is 1. The zero-order chi connectivity index (χ0) is 13.8. The van der Waals surface area contributed by atoms with Crippen molar-refractivity contribution in [2.24, 2.45) is 0 Å². The summed E-state index contributed by atoms with van der Waals surface area (Å²) in [5.41, 5.74) is -0.00458. The second-order valence-corrected chi connectivity index (χ2v) is 4.08. The second-order valence-electron chi connectivity index (χ2n) is 3.36. The lowest BCUT2D eigenvalue weighted by Gasteiger charge is -2.04. The van der Waals surface area contributed by atoms with E-state index in [4.69, 9.17) is 23.2 Å². The SMILES string of the molecule is O=C(OC(=O)c1cccnc1Cl)c1cccnc1Cl. The van der Waals surface area contributed by atoms with Crippen LogP contribution in [0.3, 0.4) is 0 Å². The van der Waals surface area contributed by atoms with Gasteiger partial charge in [-0.05, 0) is 24.3 Å². The summed E-state index contributed by atoms with van der Waals surface area (Å²) in [5.74, 6) is -1.80. The predicted molar refractivity (Wildman–Crippen MR) is 68.2 cm³/mol. The topological polar surface area (TPSA) is 69.2 Å². The van der Waals surface area contributed by atoms with Crippen molar-refractivity contribution >= 4 is 35.1 Å². The highest BCUT2D eigenvalue weighted by atomic mass is 35.5. The molecular weight excluding hydrogens is 291 g/mol. The molecule has 2 heterocycles. The maximum absolute atomic E-state index is 11.7. The highest BCUT2D eigenvalue weighted by Crippen LogP contribution is 2.16. The fourth-order valence-electron chi connectivity index (χ4n) is 1.27. The molecule has 2 aromatic heterocycles. The smallest absolute Gasteiger partial charge is 0.349 e. The molecule has 5 nitrogen and oxygen atoms in total. The van der Waals surface area contributed by atoms with Gasteiger partial charge in [0, 0.05) is 12.4 Å². The molecule has 2 aromatic rings. The number of aromatic nitrogens is 2. The van der Waals surface area contributed by atoms with Crippen molar-refractivity contribution in [1.82, 2.24) is 9.97 Å². The molecule has 0 aliphatic heterocycles. The van der Waals surface area contributed by atoms with E-state index < -0.39 is 11.9 Å². The summed E-state index contributed by atoms with van der Waals surface area (Å²) in [4.78, 5) is 30.9. The number of carbonyl (C=O) groups is 2. The Labute approximate surface area is 118 Å². The van der Waals surface area contributed by atoms with Crippen LogP contribution in [0.15, 0.2) is 36.7 Å². The van der Waals surface area contributed by atoms with E-state index in [-0.39, 0.29) is 21.4 Å². The summed E-state index contributed by atoms with van der Waals surface area (Å²) in [6.07, 6.45) is 2.83. The minimum atomic E-state index is -0.900. The van der Waals surface area contributed by atoms with Gasteiger partial charge in [0.25, 0.3) is 0 Å². The van der Waals surface area contributed by atoms with Gasteiger partial charge in [-0.25, -0.2) is 19.6 Å². The minimum absolute atomic E-state index is 0.00229. The normalized spacial score (nSPS) is 10.0. The van der Waals surface area contributed by atoms with E-state index >= 15 is 0 Å². The third kappa shape index (κ3) is 3.07. The van der Waals surface area contributed by atoms with Crippen LogP contribution in [0.25, 0.3) is 0 Å². The summed E-state index contributed by atoms with van der Waals surface area (Å²) in [7, 11) is 0. The molecule has 0 radical (unpaired) electrons. The Hall–Kier alpha value is -1.98. The summed E-state index contributed by atoms with van der Waals surface area (Å²) >= 11 is 11.4. The van der Waals surface area contributed by atoms with Gasteiger partial charge in [-0.3, -0.25) is 0 Å². The largest absolute Gasteiger partial charge is 0.386 e. The molecule has 0 aliphatic rings. The van der Waals surface area contributed by atoms with E-state index in [1.54, 1.807) is 0 Å². The molecule has 19 heavy (non-hydrogen) atoms. The van der Waals surface area contributed by atoms with Crippen molar-refractivity contribution in [2.75, 3.05) is 0 Å². The van der Waals surface area contributed by atoms with Crippen LogP contribution in [-0.2, 0) is 4.74 Å². The summed E-state index contributed by atoms with van der Waals surface area (Å²) in [6, 6.07) is 5.81. The average molecular weight is 297 g/mol. The first kappa shape index (κ1) is 13.5. The Morgan fingerprint density at radius 2 is 1.32 bits per heavy atom. The van der Waals surface area contributed by atoms with Crippen LogP contribution in [0.1, 0.15) is 20.7 Å². The number of halogens is 2. The molecule has 0 unspecified atom stereocenters. The molecule has 0 atom stereocenters. The third-order valence-corrected chi connectivity index (χ3v) is 2.75. The summed E-state index contributed by atoms with van der Waals surface area (Å²) in [5, 5.41) is -0.0878. The van der Waals surface area contributed by atoms with Crippen LogP contribution in [0.2, 0.25) is 10.3 Å². The Balaban J connectivity index is 2.19. The molecule has 0 saturated heterocycles. The molecule has 7 heteroatoms. The lowest BCUT2D eigenvalue weighted by atomic mass is 10.3. The van der Waals surface area contributed by atoms with Crippen LogP contribution < -0.4 is 0 Å². The van der Waals surface area contributed by atoms with Gasteiger partial charge in [0.1, 0.15) is 10.3 Å². The monoisotopic (exact) mass is 296 g/mol. The third-order valence-electron chi connectivity index (χ3n) is 2.14. The van der Waals surface area contributed by atoms with E-state index in [2.05, 4.69) is 14.7 Å². The first-order valence-electron chi connectivity index (χ1n) is 5.07. The summed E-state index contributed by atoms with van der Waals surface area (Å²) < 4.78 is 4.66. The van der Waals surface area contributed by atoms with Gasteiger partial charge in [-0.2, -0.15) is 0 Å². The number of pyridine rings is 2. The molecule has 0 spiro atoms. The van der Waals surface area contributed by atoms with Gasteiger partial charge in [0.2, 0.25) is 0 Å². The first-order chi connectivity index (χ1) is 9.09. The highest BCUT2D eigenvalue weighted by Gasteiger charge is 2.19. The lowest BCUT2D eigenvalue weighted by molar-refractivity contribution is 0.0397. The van der Waals surface area contributed by atoms with E-state index in [1.807, 2.05) is 0 Å². The number of hydrogen-bond donors (Lipinski definition) is 0. The van der Waals surface area contributed by atoms with Crippen LogP contribution in [0, 0.1) is 0 Å². The molecule has 0 amide bonds. The van der Waals surface area contributed by atoms with Gasteiger partial charge >= 0.3 is 11.9 Å². The fourth-order valence-corrected chi connectivity index (χ4v) is 1.66. The van der Waals surface area contributed by atoms with Crippen molar-refractivity contribution in [1.29, 1.82) is 0 Å². The van der Waals surface area contributed by atoms with Gasteiger partial charge in [-0.15, -0.1) is 0 Å². The van der Waals surface area contributed by atoms with Gasteiger partial charge in [0.15, 0.2) is 0 Å². The van der Waals surface area contributed by atoms with Crippen LogP contribution in [-0.4, -0.2) is 21.9 Å². The molecule has 0 N–H and O–H groups in total. The van der Waals surface area contributed by atoms with Crippen LogP contribution in [0.5, 0.6) is 0 Å². The molecule has 2 rings (SSSR count). The molecule has 0 fully saturated rings. The molecule has 0 saturated carbocycles. The standard InChI is InChI=1S/C12H6Cl2N2O3/c13-9-7(3-1-5-15-9)11(17)19-12(18)8-4-2-6-16-10(8)14/h1-6H. The Bertz CT molecular complexity index is 591. The second kappa shape index (κ2) is 5.77. The van der Waals surface area contributed by atoms with Crippen molar-refractivity contribution in [3.05, 3.63) is 58.1 Å². The van der Waals surface area contributed by atoms with E-state index in [1.165, 1.54) is 36.7 Å². The van der Waals surface area contributed by atoms with Crippen molar-refractivity contribution in [2.45, 2.75) is 0 Å². The zero-order valence-corrected chi connectivity index (χ0v) is 10.9. The fraction of sp³-hybridized carbons (Fsp3) is 0. The maximum Gasteiger partial charge on any atom is 0.349 e. The van der Waals surface area contributed by atoms with E-state index in [0.29, 0.717) is 0 Å². The average Bonchev–Trinajstić information content (AvgIpc) is 2.39. The summed E-state index contributed by atoms with van der Waals surface area (Å²) in [6.45, 7) is 0. The van der Waals surface area contributed by atoms with Gasteiger partial charge in [-0.1, -0.05) is 23.2 Å². The van der Waals surface area contributed by atoms with Crippen molar-refractivity contribution in [3.63, 3.8) is 0 Å². The molecular formula is C12H6Cl2N2O3. The number of carbonyl (C=O) groups excluding carboxylic acids is 2. The van der Waals surface area contributed by atoms with E-state index in [9.17, 15) is 9.59 Å². The molecule has 0 bridgehead atoms. The number of esters is 2. The molecule has 0 aliphatic carbocycles. The predicted octanol–water partition coefficient (Wildman–Crippen LogP) is 2.78. The van der Waals surface area contributed by atoms with E-state index in [0.717, 1.165) is 0 Å². The molecule has 0 aromatic carbocycles. The van der Waals surface area contributed by atoms with Crippen molar-refractivity contribution < 1.29 is 14.3 Å². The highest BCUT2D eigenvalue weighted by molar-refractivity contribution is 6.33. The zero-order valence-electron chi connectivity index (χ0n) is 9.34. The first-order valence-corrected chi connectivity index (χ1v) is 5.82. The van der Waals surface area contributed by atoms with Crippen LogP contribution >= 0.6 is 23.2 Å². The van der Waals surface area contributed by atoms with Crippen LogP contribution in [0.4, 0.5) is 0 Å². The van der Waals surface area contributed by atoms with Gasteiger partial charge < -0.3 is 4.74 Å². The Morgan fingerprint density at radius 3 is 1.68 bits per heavy atom.